The minimum Gasteiger partial charge on any atom is -0.456 e. The predicted molar refractivity (Wildman–Crippen MR) is 216 cm³/mol. The van der Waals surface area contributed by atoms with E-state index in [4.69, 9.17) is 4.42 Å². The van der Waals surface area contributed by atoms with Gasteiger partial charge in [-0.2, -0.15) is 0 Å². The number of benzene rings is 7. The summed E-state index contributed by atoms with van der Waals surface area (Å²) in [5, 5.41) is 2.30. The molecule has 0 fully saturated rings. The lowest BCUT2D eigenvalue weighted by atomic mass is 9.80. The molecule has 0 N–H and O–H groups in total. The fraction of sp³-hybridized carbons (Fsp3) is 0.143. The highest BCUT2D eigenvalue weighted by atomic mass is 16.3. The quantitative estimate of drug-likeness (QED) is 0.183. The van der Waals surface area contributed by atoms with E-state index in [-0.39, 0.29) is 10.8 Å². The molecule has 0 saturated carbocycles. The normalized spacial score (nSPS) is 13.4. The van der Waals surface area contributed by atoms with E-state index in [0.717, 1.165) is 33.2 Å². The van der Waals surface area contributed by atoms with Crippen molar-refractivity contribution >= 4 is 39.0 Å². The molecule has 9 rings (SSSR count). The molecule has 1 aliphatic rings. The maximum absolute atomic E-state index is 6.26. The number of fused-ring (bicyclic) bond motifs is 6. The molecular formula is C49H41NO. The van der Waals surface area contributed by atoms with Crippen LogP contribution in [0, 0.1) is 0 Å². The Balaban J connectivity index is 1.27. The second-order valence-corrected chi connectivity index (χ2v) is 15.4. The largest absolute Gasteiger partial charge is 0.456 e. The summed E-state index contributed by atoms with van der Waals surface area (Å²) in [4.78, 5) is 2.51. The van der Waals surface area contributed by atoms with E-state index >= 15 is 0 Å². The van der Waals surface area contributed by atoms with E-state index in [0.29, 0.717) is 0 Å². The van der Waals surface area contributed by atoms with E-state index in [1.54, 1.807) is 0 Å². The molecule has 1 aromatic heterocycles. The van der Waals surface area contributed by atoms with Gasteiger partial charge in [-0.25, -0.2) is 0 Å². The van der Waals surface area contributed by atoms with E-state index in [9.17, 15) is 0 Å². The maximum atomic E-state index is 6.26. The van der Waals surface area contributed by atoms with Gasteiger partial charge in [-0.1, -0.05) is 150 Å². The number of hydrogen-bond acceptors (Lipinski definition) is 2. The van der Waals surface area contributed by atoms with Crippen LogP contribution in [0.15, 0.2) is 162 Å². The molecule has 51 heavy (non-hydrogen) atoms. The van der Waals surface area contributed by atoms with Crippen LogP contribution in [0.25, 0.3) is 55.3 Å². The summed E-state index contributed by atoms with van der Waals surface area (Å²) in [6.45, 7) is 11.7. The molecule has 0 radical (unpaired) electrons. The molecule has 1 aliphatic carbocycles. The number of anilines is 3. The lowest BCUT2D eigenvalue weighted by molar-refractivity contribution is 0.591. The highest BCUT2D eigenvalue weighted by Crippen LogP contribution is 2.55. The monoisotopic (exact) mass is 659 g/mol. The second-order valence-electron chi connectivity index (χ2n) is 15.4. The van der Waals surface area contributed by atoms with E-state index in [1.165, 1.54) is 55.9 Å². The first-order chi connectivity index (χ1) is 24.7. The third kappa shape index (κ3) is 5.01. The number of rotatable bonds is 5. The Morgan fingerprint density at radius 1 is 0.510 bits per heavy atom. The van der Waals surface area contributed by atoms with Crippen LogP contribution in [0.4, 0.5) is 17.1 Å². The van der Waals surface area contributed by atoms with Crippen molar-refractivity contribution in [3.05, 3.63) is 174 Å². The van der Waals surface area contributed by atoms with Gasteiger partial charge in [-0.15, -0.1) is 0 Å². The van der Waals surface area contributed by atoms with Crippen molar-refractivity contribution in [1.29, 1.82) is 0 Å². The second kappa shape index (κ2) is 11.6. The maximum Gasteiger partial charge on any atom is 0.136 e. The van der Waals surface area contributed by atoms with Crippen molar-refractivity contribution in [2.45, 2.75) is 45.4 Å². The lowest BCUT2D eigenvalue weighted by Gasteiger charge is -2.36. The third-order valence-corrected chi connectivity index (χ3v) is 10.8. The minimum absolute atomic E-state index is 0.118. The Bertz CT molecular complexity index is 2580. The molecule has 8 aromatic rings. The van der Waals surface area contributed by atoms with Crippen LogP contribution in [0.2, 0.25) is 0 Å². The fourth-order valence-electron chi connectivity index (χ4n) is 8.36. The van der Waals surface area contributed by atoms with E-state index in [1.807, 2.05) is 12.1 Å². The van der Waals surface area contributed by atoms with Crippen LogP contribution in [-0.2, 0) is 10.8 Å². The molecule has 0 atom stereocenters. The highest BCUT2D eigenvalue weighted by molar-refractivity contribution is 6.12. The van der Waals surface area contributed by atoms with Crippen molar-refractivity contribution in [2.24, 2.45) is 0 Å². The van der Waals surface area contributed by atoms with E-state index < -0.39 is 0 Å². The van der Waals surface area contributed by atoms with Crippen molar-refractivity contribution in [1.82, 2.24) is 0 Å². The number of nitrogens with zero attached hydrogens (tertiary/aromatic N) is 1. The van der Waals surface area contributed by atoms with Crippen LogP contribution in [0.3, 0.4) is 0 Å². The zero-order chi connectivity index (χ0) is 34.9. The molecule has 7 aromatic carbocycles. The highest BCUT2D eigenvalue weighted by Gasteiger charge is 2.39. The summed E-state index contributed by atoms with van der Waals surface area (Å²) in [6, 6.07) is 57.3. The number of hydrogen-bond donors (Lipinski definition) is 0. The molecular weight excluding hydrogens is 619 g/mol. The molecule has 0 bridgehead atoms. The van der Waals surface area contributed by atoms with Gasteiger partial charge < -0.3 is 9.32 Å². The minimum atomic E-state index is -0.176. The van der Waals surface area contributed by atoms with Gasteiger partial charge in [0.05, 0.1) is 5.69 Å². The van der Waals surface area contributed by atoms with Gasteiger partial charge in [0.2, 0.25) is 0 Å². The Hall–Kier alpha value is -5.86. The van der Waals surface area contributed by atoms with Gasteiger partial charge in [0, 0.05) is 27.6 Å². The van der Waals surface area contributed by atoms with Crippen molar-refractivity contribution < 1.29 is 4.42 Å². The van der Waals surface area contributed by atoms with Gasteiger partial charge in [0.25, 0.3) is 0 Å². The lowest BCUT2D eigenvalue weighted by Crippen LogP contribution is -2.23. The molecule has 0 unspecified atom stereocenters. The SMILES string of the molecule is CC(C)(C)c1cc(-c2ccccc2)ccc1N(c1ccc(-c2cccc3oc4ccccc4c23)cc1)c1cccc2c1C(C)(C)c1ccccc1-2. The molecule has 2 nitrogen and oxygen atoms in total. The van der Waals surface area contributed by atoms with Gasteiger partial charge in [-0.3, -0.25) is 0 Å². The summed E-state index contributed by atoms with van der Waals surface area (Å²) >= 11 is 0. The van der Waals surface area contributed by atoms with Crippen LogP contribution in [0.5, 0.6) is 0 Å². The zero-order valence-electron chi connectivity index (χ0n) is 29.9. The van der Waals surface area contributed by atoms with Gasteiger partial charge in [-0.05, 0) is 98.0 Å². The summed E-state index contributed by atoms with van der Waals surface area (Å²) in [7, 11) is 0. The van der Waals surface area contributed by atoms with Crippen LogP contribution in [-0.4, -0.2) is 0 Å². The Morgan fingerprint density at radius 2 is 1.16 bits per heavy atom. The molecule has 1 heterocycles. The first-order valence-electron chi connectivity index (χ1n) is 17.9. The standard InChI is InChI=1S/C49H41NO/c1-48(2,3)41-31-34(32-15-7-6-8-16-32)27-30-42(41)50(43-22-13-20-38-37-17-9-11-21-40(37)49(4,5)47(38)43)35-28-25-33(26-29-35)36-19-14-24-45-46(36)39-18-10-12-23-44(39)51-45/h6-31H,1-5H3. The van der Waals surface area contributed by atoms with Crippen LogP contribution < -0.4 is 4.90 Å². The average Bonchev–Trinajstić information content (AvgIpc) is 3.65. The molecule has 0 spiro atoms. The molecule has 0 amide bonds. The zero-order valence-corrected chi connectivity index (χ0v) is 29.9. The Kier molecular flexibility index (Phi) is 7.09. The number of furan rings is 1. The van der Waals surface area contributed by atoms with Crippen LogP contribution >= 0.6 is 0 Å². The number of para-hydroxylation sites is 1. The van der Waals surface area contributed by atoms with Gasteiger partial charge in [0.1, 0.15) is 11.2 Å². The third-order valence-electron chi connectivity index (χ3n) is 10.8. The van der Waals surface area contributed by atoms with Crippen molar-refractivity contribution in [3.63, 3.8) is 0 Å². The fourth-order valence-corrected chi connectivity index (χ4v) is 8.36. The van der Waals surface area contributed by atoms with Crippen LogP contribution in [0.1, 0.15) is 51.3 Å². The summed E-state index contributed by atoms with van der Waals surface area (Å²) < 4.78 is 6.26. The molecule has 248 valence electrons. The van der Waals surface area contributed by atoms with Gasteiger partial charge in [0.15, 0.2) is 0 Å². The summed E-state index contributed by atoms with van der Waals surface area (Å²) in [5.74, 6) is 0. The van der Waals surface area contributed by atoms with Gasteiger partial charge >= 0.3 is 0 Å². The smallest absolute Gasteiger partial charge is 0.136 e. The first-order valence-corrected chi connectivity index (χ1v) is 17.9. The Labute approximate surface area is 300 Å². The first kappa shape index (κ1) is 31.1. The van der Waals surface area contributed by atoms with Crippen molar-refractivity contribution in [2.75, 3.05) is 4.90 Å². The van der Waals surface area contributed by atoms with Crippen molar-refractivity contribution in [3.8, 4) is 33.4 Å². The topological polar surface area (TPSA) is 16.4 Å². The predicted octanol–water partition coefficient (Wildman–Crippen LogP) is 14.0. The van der Waals surface area contributed by atoms with E-state index in [2.05, 4.69) is 185 Å². The Morgan fingerprint density at radius 3 is 1.96 bits per heavy atom. The molecule has 2 heteroatoms. The molecule has 0 saturated heterocycles. The summed E-state index contributed by atoms with van der Waals surface area (Å²) in [5.41, 5.74) is 16.5. The average molecular weight is 660 g/mol. The molecule has 0 aliphatic heterocycles. The summed E-state index contributed by atoms with van der Waals surface area (Å²) in [6.07, 6.45) is 0.